The minimum Gasteiger partial charge on any atom is -0.207 e. The second-order valence-corrected chi connectivity index (χ2v) is 6.46. The lowest BCUT2D eigenvalue weighted by atomic mass is 10.3. The number of sulfonamides is 1. The van der Waals surface area contributed by atoms with Crippen LogP contribution in [0.1, 0.15) is 6.92 Å². The Morgan fingerprint density at radius 1 is 1.47 bits per heavy atom. The van der Waals surface area contributed by atoms with Gasteiger partial charge in [-0.2, -0.15) is 4.31 Å². The summed E-state index contributed by atoms with van der Waals surface area (Å²) < 4.78 is 39.4. The van der Waals surface area contributed by atoms with E-state index in [1.807, 2.05) is 0 Å². The molecule has 0 radical (unpaired) electrons. The Kier molecular flexibility index (Phi) is 5.37. The van der Waals surface area contributed by atoms with Gasteiger partial charge in [0.2, 0.25) is 10.0 Å². The molecule has 1 aromatic rings. The first-order valence-corrected chi connectivity index (χ1v) is 7.71. The lowest BCUT2D eigenvalue weighted by molar-refractivity contribution is 0.441. The zero-order chi connectivity index (χ0) is 13.1. The van der Waals surface area contributed by atoms with Crippen LogP contribution in [0.5, 0.6) is 0 Å². The molecule has 1 aromatic carbocycles. The van der Waals surface area contributed by atoms with Crippen molar-refractivity contribution in [1.82, 2.24) is 4.31 Å². The number of hydrogen-bond donors (Lipinski definition) is 0. The topological polar surface area (TPSA) is 37.4 Å². The summed E-state index contributed by atoms with van der Waals surface area (Å²) in [6, 6.07) is 3.86. The molecule has 0 bridgehead atoms. The van der Waals surface area contributed by atoms with Gasteiger partial charge in [0.1, 0.15) is 10.7 Å². The average molecular weight is 345 g/mol. The molecule has 0 saturated carbocycles. The Morgan fingerprint density at radius 3 is 2.59 bits per heavy atom. The highest BCUT2D eigenvalue weighted by Crippen LogP contribution is 2.22. The Hall–Kier alpha value is -0.170. The molecule has 0 heterocycles. The van der Waals surface area contributed by atoms with Gasteiger partial charge >= 0.3 is 0 Å². The summed E-state index contributed by atoms with van der Waals surface area (Å²) in [6.07, 6.45) is 0. The minimum absolute atomic E-state index is 0.163. The zero-order valence-corrected chi connectivity index (χ0v) is 12.3. The van der Waals surface area contributed by atoms with E-state index >= 15 is 0 Å². The van der Waals surface area contributed by atoms with E-state index in [0.29, 0.717) is 4.47 Å². The molecule has 96 valence electrons. The number of alkyl halides is 1. The molecule has 17 heavy (non-hydrogen) atoms. The van der Waals surface area contributed by atoms with Gasteiger partial charge in [0.05, 0.1) is 0 Å². The third-order valence-corrected chi connectivity index (χ3v) is 4.87. The van der Waals surface area contributed by atoms with Gasteiger partial charge in [-0.05, 0) is 18.2 Å². The quantitative estimate of drug-likeness (QED) is 0.770. The van der Waals surface area contributed by atoms with E-state index in [2.05, 4.69) is 15.9 Å². The van der Waals surface area contributed by atoms with Crippen LogP contribution in [-0.4, -0.2) is 31.7 Å². The summed E-state index contributed by atoms with van der Waals surface area (Å²) >= 11 is 8.60. The van der Waals surface area contributed by atoms with Crippen LogP contribution in [0.2, 0.25) is 0 Å². The first kappa shape index (κ1) is 14.9. The highest BCUT2D eigenvalue weighted by Gasteiger charge is 2.25. The second-order valence-electron chi connectivity index (χ2n) is 3.26. The predicted molar refractivity (Wildman–Crippen MR) is 69.3 cm³/mol. The molecule has 3 nitrogen and oxygen atoms in total. The number of benzene rings is 1. The summed E-state index contributed by atoms with van der Waals surface area (Å²) in [5.41, 5.74) is 0. The SMILES string of the molecule is CCN(CCCl)S(=O)(=O)c1ccc(Br)cc1F. The van der Waals surface area contributed by atoms with Crippen molar-refractivity contribution in [3.05, 3.63) is 28.5 Å². The van der Waals surface area contributed by atoms with Crippen LogP contribution in [0, 0.1) is 5.82 Å². The molecular weight excluding hydrogens is 333 g/mol. The molecule has 0 unspecified atom stereocenters. The van der Waals surface area contributed by atoms with E-state index in [4.69, 9.17) is 11.6 Å². The standard InChI is InChI=1S/C10H12BrClFNO2S/c1-2-14(6-5-12)17(15,16)10-4-3-8(11)7-9(10)13/h3-4,7H,2,5-6H2,1H3. The Labute approximate surface area is 114 Å². The summed E-state index contributed by atoms with van der Waals surface area (Å²) in [5.74, 6) is -0.599. The summed E-state index contributed by atoms with van der Waals surface area (Å²) in [4.78, 5) is -0.326. The van der Waals surface area contributed by atoms with E-state index in [0.717, 1.165) is 10.4 Å². The fraction of sp³-hybridized carbons (Fsp3) is 0.400. The molecule has 0 aliphatic carbocycles. The van der Waals surface area contributed by atoms with E-state index in [1.165, 1.54) is 12.1 Å². The monoisotopic (exact) mass is 343 g/mol. The largest absolute Gasteiger partial charge is 0.246 e. The average Bonchev–Trinajstić information content (AvgIpc) is 2.24. The maximum Gasteiger partial charge on any atom is 0.246 e. The molecule has 0 saturated heterocycles. The van der Waals surface area contributed by atoms with Crippen molar-refractivity contribution >= 4 is 37.6 Å². The summed E-state index contributed by atoms with van der Waals surface area (Å²) in [6.45, 7) is 2.10. The third kappa shape index (κ3) is 3.40. The van der Waals surface area contributed by atoms with Gasteiger partial charge in [-0.3, -0.25) is 0 Å². The lowest BCUT2D eigenvalue weighted by Crippen LogP contribution is -2.33. The number of hydrogen-bond acceptors (Lipinski definition) is 2. The van der Waals surface area contributed by atoms with Gasteiger partial charge in [-0.15, -0.1) is 11.6 Å². The van der Waals surface area contributed by atoms with E-state index < -0.39 is 15.8 Å². The van der Waals surface area contributed by atoms with Gasteiger partial charge in [0.15, 0.2) is 0 Å². The molecule has 0 fully saturated rings. The van der Waals surface area contributed by atoms with Crippen LogP contribution in [0.25, 0.3) is 0 Å². The minimum atomic E-state index is -3.81. The van der Waals surface area contributed by atoms with Crippen molar-refractivity contribution in [2.45, 2.75) is 11.8 Å². The van der Waals surface area contributed by atoms with Crippen molar-refractivity contribution in [1.29, 1.82) is 0 Å². The lowest BCUT2D eigenvalue weighted by Gasteiger charge is -2.19. The highest BCUT2D eigenvalue weighted by molar-refractivity contribution is 9.10. The summed E-state index contributed by atoms with van der Waals surface area (Å²) in [5, 5.41) is 0. The molecule has 0 aromatic heterocycles. The fourth-order valence-corrected chi connectivity index (χ4v) is 3.50. The van der Waals surface area contributed by atoms with Crippen LogP contribution in [0.4, 0.5) is 4.39 Å². The Balaban J connectivity index is 3.20. The van der Waals surface area contributed by atoms with Gasteiger partial charge in [-0.1, -0.05) is 22.9 Å². The predicted octanol–water partition coefficient (Wildman–Crippen LogP) is 2.84. The number of nitrogens with zero attached hydrogens (tertiary/aromatic N) is 1. The molecular formula is C10H12BrClFNO2S. The Bertz CT molecular complexity index is 495. The zero-order valence-electron chi connectivity index (χ0n) is 9.16. The second kappa shape index (κ2) is 6.13. The van der Waals surface area contributed by atoms with Gasteiger partial charge < -0.3 is 0 Å². The van der Waals surface area contributed by atoms with E-state index in [1.54, 1.807) is 6.92 Å². The highest BCUT2D eigenvalue weighted by atomic mass is 79.9. The number of rotatable bonds is 5. The Morgan fingerprint density at radius 2 is 2.12 bits per heavy atom. The maximum absolute atomic E-state index is 13.6. The normalized spacial score (nSPS) is 12.1. The van der Waals surface area contributed by atoms with Gasteiger partial charge in [-0.25, -0.2) is 12.8 Å². The van der Waals surface area contributed by atoms with Gasteiger partial charge in [0.25, 0.3) is 0 Å². The molecule has 7 heteroatoms. The van der Waals surface area contributed by atoms with Crippen LogP contribution >= 0.6 is 27.5 Å². The molecule has 0 amide bonds. The number of halogens is 3. The smallest absolute Gasteiger partial charge is 0.207 e. The third-order valence-electron chi connectivity index (χ3n) is 2.20. The maximum atomic E-state index is 13.6. The van der Waals surface area contributed by atoms with Crippen LogP contribution in [-0.2, 0) is 10.0 Å². The molecule has 0 atom stereocenters. The van der Waals surface area contributed by atoms with Crippen molar-refractivity contribution in [3.63, 3.8) is 0 Å². The van der Waals surface area contributed by atoms with E-state index in [-0.39, 0.29) is 23.9 Å². The van der Waals surface area contributed by atoms with E-state index in [9.17, 15) is 12.8 Å². The molecule has 1 rings (SSSR count). The first-order chi connectivity index (χ1) is 7.93. The molecule has 0 aliphatic heterocycles. The van der Waals surface area contributed by atoms with Crippen molar-refractivity contribution in [2.75, 3.05) is 19.0 Å². The summed E-state index contributed by atoms with van der Waals surface area (Å²) in [7, 11) is -3.81. The van der Waals surface area contributed by atoms with Crippen LogP contribution in [0.3, 0.4) is 0 Å². The first-order valence-electron chi connectivity index (χ1n) is 4.94. The van der Waals surface area contributed by atoms with Crippen molar-refractivity contribution in [2.24, 2.45) is 0 Å². The molecule has 0 spiro atoms. The van der Waals surface area contributed by atoms with Crippen LogP contribution in [0.15, 0.2) is 27.6 Å². The molecule has 0 N–H and O–H groups in total. The van der Waals surface area contributed by atoms with Gasteiger partial charge in [0, 0.05) is 23.4 Å². The van der Waals surface area contributed by atoms with Crippen molar-refractivity contribution < 1.29 is 12.8 Å². The molecule has 0 aliphatic rings. The fourth-order valence-electron chi connectivity index (χ4n) is 1.37. The van der Waals surface area contributed by atoms with Crippen molar-refractivity contribution in [3.8, 4) is 0 Å². The van der Waals surface area contributed by atoms with Crippen LogP contribution < -0.4 is 0 Å².